The second-order valence-electron chi connectivity index (χ2n) is 4.67. The average Bonchev–Trinajstić information content (AvgIpc) is 2.32. The van der Waals surface area contributed by atoms with Crippen LogP contribution in [-0.4, -0.2) is 11.2 Å². The zero-order valence-electron chi connectivity index (χ0n) is 10.3. The van der Waals surface area contributed by atoms with E-state index in [1.54, 1.807) is 0 Å². The van der Waals surface area contributed by atoms with Crippen LogP contribution in [0.4, 0.5) is 0 Å². The third kappa shape index (κ3) is 2.66. The van der Waals surface area contributed by atoms with E-state index in [-0.39, 0.29) is 6.10 Å². The Morgan fingerprint density at radius 2 is 2.12 bits per heavy atom. The highest BCUT2D eigenvalue weighted by molar-refractivity contribution is 9.10. The summed E-state index contributed by atoms with van der Waals surface area (Å²) in [5.74, 6) is 1.37. The fraction of sp³-hybridized carbons (Fsp3) is 0.571. The Bertz CT molecular complexity index is 388. The van der Waals surface area contributed by atoms with Gasteiger partial charge in [0.15, 0.2) is 0 Å². The lowest BCUT2D eigenvalue weighted by Gasteiger charge is -2.34. The molecule has 1 N–H and O–H groups in total. The van der Waals surface area contributed by atoms with E-state index in [0.29, 0.717) is 12.3 Å². The number of rotatable bonds is 3. The first-order valence-corrected chi connectivity index (χ1v) is 7.09. The summed E-state index contributed by atoms with van der Waals surface area (Å²) in [6, 6.07) is 5.85. The van der Waals surface area contributed by atoms with Crippen molar-refractivity contribution in [2.75, 3.05) is 0 Å². The molecule has 2 nitrogen and oxygen atoms in total. The van der Waals surface area contributed by atoms with Gasteiger partial charge in [-0.2, -0.15) is 0 Å². The molecule has 0 spiro atoms. The zero-order chi connectivity index (χ0) is 12.4. The van der Waals surface area contributed by atoms with E-state index in [0.717, 1.165) is 28.6 Å². The number of aliphatic hydroxyl groups is 1. The van der Waals surface area contributed by atoms with Crippen molar-refractivity contribution in [1.82, 2.24) is 0 Å². The summed E-state index contributed by atoms with van der Waals surface area (Å²) in [5, 5.41) is 10.2. The molecule has 0 bridgehead atoms. The van der Waals surface area contributed by atoms with Crippen LogP contribution in [0, 0.1) is 5.92 Å². The van der Waals surface area contributed by atoms with Crippen LogP contribution in [0.25, 0.3) is 0 Å². The highest BCUT2D eigenvalue weighted by atomic mass is 79.9. The van der Waals surface area contributed by atoms with Gasteiger partial charge in [-0.3, -0.25) is 0 Å². The monoisotopic (exact) mass is 298 g/mol. The van der Waals surface area contributed by atoms with Crippen LogP contribution in [0.2, 0.25) is 0 Å². The minimum Gasteiger partial charge on any atom is -0.490 e. The zero-order valence-corrected chi connectivity index (χ0v) is 11.9. The molecule has 94 valence electrons. The largest absolute Gasteiger partial charge is 0.490 e. The van der Waals surface area contributed by atoms with Crippen LogP contribution in [0.5, 0.6) is 5.75 Å². The van der Waals surface area contributed by atoms with Crippen molar-refractivity contribution in [1.29, 1.82) is 0 Å². The first-order chi connectivity index (χ1) is 8.15. The van der Waals surface area contributed by atoms with E-state index in [1.807, 2.05) is 18.2 Å². The number of ether oxygens (including phenoxy) is 1. The second-order valence-corrected chi connectivity index (χ2v) is 5.58. The molecule has 0 radical (unpaired) electrons. The summed E-state index contributed by atoms with van der Waals surface area (Å²) < 4.78 is 7.01. The molecule has 17 heavy (non-hydrogen) atoms. The molecule has 1 aliphatic heterocycles. The smallest absolute Gasteiger partial charge is 0.125 e. The second kappa shape index (κ2) is 5.40. The molecule has 0 aliphatic carbocycles. The van der Waals surface area contributed by atoms with Gasteiger partial charge in [-0.1, -0.05) is 29.8 Å². The summed E-state index contributed by atoms with van der Waals surface area (Å²) in [6.45, 7) is 4.36. The summed E-state index contributed by atoms with van der Waals surface area (Å²) in [4.78, 5) is 0. The maximum absolute atomic E-state index is 10.2. The number of benzene rings is 1. The van der Waals surface area contributed by atoms with Crippen molar-refractivity contribution in [2.24, 2.45) is 5.92 Å². The first-order valence-electron chi connectivity index (χ1n) is 6.29. The van der Waals surface area contributed by atoms with Crippen molar-refractivity contribution in [3.05, 3.63) is 28.2 Å². The van der Waals surface area contributed by atoms with Crippen LogP contribution < -0.4 is 4.74 Å². The predicted molar refractivity (Wildman–Crippen MR) is 72.2 cm³/mol. The quantitative estimate of drug-likeness (QED) is 0.911. The van der Waals surface area contributed by atoms with Crippen LogP contribution in [0.15, 0.2) is 22.7 Å². The molecule has 0 saturated heterocycles. The van der Waals surface area contributed by atoms with E-state index in [1.165, 1.54) is 0 Å². The molecule has 2 atom stereocenters. The summed E-state index contributed by atoms with van der Waals surface area (Å²) >= 11 is 3.42. The molecule has 2 unspecified atom stereocenters. The highest BCUT2D eigenvalue weighted by Gasteiger charge is 2.30. The van der Waals surface area contributed by atoms with Crippen LogP contribution in [0.1, 0.15) is 44.8 Å². The number of hydrogen-bond donors (Lipinski definition) is 1. The van der Waals surface area contributed by atoms with Crippen LogP contribution in [0.3, 0.4) is 0 Å². The molecule has 0 aromatic heterocycles. The molecular weight excluding hydrogens is 280 g/mol. The number of fused-ring (bicyclic) bond motifs is 1. The lowest BCUT2D eigenvalue weighted by molar-refractivity contribution is 0.0317. The van der Waals surface area contributed by atoms with E-state index >= 15 is 0 Å². The molecule has 1 aromatic rings. The van der Waals surface area contributed by atoms with Crippen molar-refractivity contribution < 1.29 is 9.84 Å². The Kier molecular flexibility index (Phi) is 4.10. The summed E-state index contributed by atoms with van der Waals surface area (Å²) in [6.07, 6.45) is 2.64. The molecular formula is C14H19BrO2. The number of halogens is 1. The van der Waals surface area contributed by atoms with Gasteiger partial charge in [0.25, 0.3) is 0 Å². The van der Waals surface area contributed by atoms with Gasteiger partial charge in [0.05, 0.1) is 6.10 Å². The SMILES string of the molecule is CCC(CC)C1CC(O)c2cc(Br)ccc2O1. The van der Waals surface area contributed by atoms with Gasteiger partial charge in [-0.15, -0.1) is 0 Å². The van der Waals surface area contributed by atoms with Crippen LogP contribution >= 0.6 is 15.9 Å². The fourth-order valence-electron chi connectivity index (χ4n) is 2.55. The minimum absolute atomic E-state index is 0.147. The van der Waals surface area contributed by atoms with Crippen LogP contribution in [-0.2, 0) is 0 Å². The molecule has 2 rings (SSSR count). The van der Waals surface area contributed by atoms with Gasteiger partial charge in [-0.25, -0.2) is 0 Å². The summed E-state index contributed by atoms with van der Waals surface area (Å²) in [5.41, 5.74) is 0.904. The number of hydrogen-bond acceptors (Lipinski definition) is 2. The fourth-order valence-corrected chi connectivity index (χ4v) is 2.93. The standard InChI is InChI=1S/C14H19BrO2/c1-3-9(4-2)14-8-12(16)11-7-10(15)5-6-13(11)17-14/h5-7,9,12,14,16H,3-4,8H2,1-2H3. The third-order valence-corrected chi connectivity index (χ3v) is 4.13. The van der Waals surface area contributed by atoms with E-state index < -0.39 is 6.10 Å². The van der Waals surface area contributed by atoms with Crippen molar-refractivity contribution >= 4 is 15.9 Å². The lowest BCUT2D eigenvalue weighted by Crippen LogP contribution is -2.32. The Labute approximate surface area is 111 Å². The number of aliphatic hydroxyl groups excluding tert-OH is 1. The Morgan fingerprint density at radius 3 is 2.76 bits per heavy atom. The Hall–Kier alpha value is -0.540. The van der Waals surface area contributed by atoms with Crippen molar-refractivity contribution in [3.63, 3.8) is 0 Å². The van der Waals surface area contributed by atoms with E-state index in [4.69, 9.17) is 4.74 Å². The molecule has 0 amide bonds. The van der Waals surface area contributed by atoms with Gasteiger partial charge in [0.1, 0.15) is 11.9 Å². The summed E-state index contributed by atoms with van der Waals surface area (Å²) in [7, 11) is 0. The van der Waals surface area contributed by atoms with Gasteiger partial charge in [0, 0.05) is 16.5 Å². The topological polar surface area (TPSA) is 29.5 Å². The average molecular weight is 299 g/mol. The van der Waals surface area contributed by atoms with Crippen molar-refractivity contribution in [3.8, 4) is 5.75 Å². The van der Waals surface area contributed by atoms with E-state index in [2.05, 4.69) is 29.8 Å². The molecule has 0 saturated carbocycles. The molecule has 0 fully saturated rings. The predicted octanol–water partition coefficient (Wildman–Crippen LogP) is 4.07. The lowest BCUT2D eigenvalue weighted by atomic mass is 9.88. The Balaban J connectivity index is 2.24. The van der Waals surface area contributed by atoms with Gasteiger partial charge >= 0.3 is 0 Å². The van der Waals surface area contributed by atoms with Crippen molar-refractivity contribution in [2.45, 2.75) is 45.3 Å². The maximum Gasteiger partial charge on any atom is 0.125 e. The first kappa shape index (κ1) is 12.9. The van der Waals surface area contributed by atoms with E-state index in [9.17, 15) is 5.11 Å². The third-order valence-electron chi connectivity index (χ3n) is 3.64. The van der Waals surface area contributed by atoms with Gasteiger partial charge in [-0.05, 0) is 37.0 Å². The maximum atomic E-state index is 10.2. The van der Waals surface area contributed by atoms with Gasteiger partial charge in [0.2, 0.25) is 0 Å². The molecule has 3 heteroatoms. The normalized spacial score (nSPS) is 23.4. The Morgan fingerprint density at radius 1 is 1.41 bits per heavy atom. The van der Waals surface area contributed by atoms with Gasteiger partial charge < -0.3 is 9.84 Å². The highest BCUT2D eigenvalue weighted by Crippen LogP contribution is 2.39. The molecule has 1 aliphatic rings. The molecule has 1 heterocycles. The molecule has 1 aromatic carbocycles. The minimum atomic E-state index is -0.401.